The van der Waals surface area contributed by atoms with Crippen molar-refractivity contribution < 1.29 is 14.6 Å². The first-order valence-electron chi connectivity index (χ1n) is 7.01. The average molecular weight is 290 g/mol. The Bertz CT molecular complexity index is 668. The van der Waals surface area contributed by atoms with Crippen LogP contribution in [0.2, 0.25) is 0 Å². The molecule has 2 rings (SSSR count). The number of aromatic nitrogens is 2. The van der Waals surface area contributed by atoms with Crippen LogP contribution in [0.3, 0.4) is 0 Å². The standard InChI is InChI=1S/C16H22N2O3/c1-10(21-5)9-18-13-11(14(19)20)7-6-8-12(13)17-15(18)16(2,3)4/h6-8,10H,9H2,1-5H3,(H,19,20). The number of imidazole rings is 1. The highest BCUT2D eigenvalue weighted by Gasteiger charge is 2.26. The molecule has 0 saturated heterocycles. The van der Waals surface area contributed by atoms with Crippen LogP contribution in [0.25, 0.3) is 11.0 Å². The van der Waals surface area contributed by atoms with Gasteiger partial charge in [0.15, 0.2) is 0 Å². The molecule has 1 aromatic heterocycles. The zero-order chi connectivity index (χ0) is 15.8. The molecule has 1 atom stereocenters. The molecule has 0 bridgehead atoms. The molecule has 0 aliphatic carbocycles. The molecular formula is C16H22N2O3. The van der Waals surface area contributed by atoms with E-state index in [0.29, 0.717) is 17.6 Å². The van der Waals surface area contributed by atoms with Gasteiger partial charge in [0.05, 0.1) is 29.2 Å². The third-order valence-corrected chi connectivity index (χ3v) is 3.51. The van der Waals surface area contributed by atoms with Crippen molar-refractivity contribution in [2.24, 2.45) is 0 Å². The molecule has 2 aromatic rings. The number of fused-ring (bicyclic) bond motifs is 1. The molecule has 21 heavy (non-hydrogen) atoms. The van der Waals surface area contributed by atoms with Gasteiger partial charge in [-0.25, -0.2) is 9.78 Å². The molecule has 1 aromatic carbocycles. The number of carboxylic acid groups (broad SMARTS) is 1. The Morgan fingerprint density at radius 2 is 2.10 bits per heavy atom. The third-order valence-electron chi connectivity index (χ3n) is 3.51. The van der Waals surface area contributed by atoms with Crippen LogP contribution in [-0.2, 0) is 16.7 Å². The number of aromatic carboxylic acids is 1. The first kappa shape index (κ1) is 15.5. The molecule has 5 nitrogen and oxygen atoms in total. The van der Waals surface area contributed by atoms with Crippen LogP contribution < -0.4 is 0 Å². The van der Waals surface area contributed by atoms with Crippen molar-refractivity contribution in [1.82, 2.24) is 9.55 Å². The number of para-hydroxylation sites is 1. The molecule has 5 heteroatoms. The van der Waals surface area contributed by atoms with Crippen LogP contribution in [-0.4, -0.2) is 33.8 Å². The molecule has 1 heterocycles. The highest BCUT2D eigenvalue weighted by molar-refractivity contribution is 6.01. The lowest BCUT2D eigenvalue weighted by Crippen LogP contribution is -2.24. The Hall–Kier alpha value is -1.88. The Kier molecular flexibility index (Phi) is 4.05. The number of ether oxygens (including phenoxy) is 1. The fraction of sp³-hybridized carbons (Fsp3) is 0.500. The van der Waals surface area contributed by atoms with Gasteiger partial charge in [0.25, 0.3) is 0 Å². The first-order valence-corrected chi connectivity index (χ1v) is 7.01. The minimum Gasteiger partial charge on any atom is -0.478 e. The van der Waals surface area contributed by atoms with Gasteiger partial charge in [0, 0.05) is 12.5 Å². The van der Waals surface area contributed by atoms with Crippen LogP contribution in [0.4, 0.5) is 0 Å². The van der Waals surface area contributed by atoms with Gasteiger partial charge < -0.3 is 14.4 Å². The lowest BCUT2D eigenvalue weighted by molar-refractivity contribution is 0.0697. The zero-order valence-electron chi connectivity index (χ0n) is 13.2. The van der Waals surface area contributed by atoms with Crippen molar-refractivity contribution in [2.75, 3.05) is 7.11 Å². The monoisotopic (exact) mass is 290 g/mol. The van der Waals surface area contributed by atoms with Gasteiger partial charge in [-0.2, -0.15) is 0 Å². The number of hydrogen-bond acceptors (Lipinski definition) is 3. The maximum Gasteiger partial charge on any atom is 0.337 e. The summed E-state index contributed by atoms with van der Waals surface area (Å²) in [5.74, 6) is -0.0672. The van der Waals surface area contributed by atoms with Crippen molar-refractivity contribution >= 4 is 17.0 Å². The van der Waals surface area contributed by atoms with Crippen molar-refractivity contribution in [2.45, 2.75) is 45.8 Å². The van der Waals surface area contributed by atoms with E-state index in [1.807, 2.05) is 17.6 Å². The number of rotatable bonds is 4. The van der Waals surface area contributed by atoms with Gasteiger partial charge in [0.1, 0.15) is 5.82 Å². The van der Waals surface area contributed by atoms with E-state index in [0.717, 1.165) is 5.82 Å². The maximum absolute atomic E-state index is 11.5. The van der Waals surface area contributed by atoms with Crippen LogP contribution in [0.5, 0.6) is 0 Å². The van der Waals surface area contributed by atoms with E-state index < -0.39 is 5.97 Å². The topological polar surface area (TPSA) is 64.4 Å². The highest BCUT2D eigenvalue weighted by Crippen LogP contribution is 2.29. The summed E-state index contributed by atoms with van der Waals surface area (Å²) in [5, 5.41) is 9.44. The Morgan fingerprint density at radius 1 is 1.43 bits per heavy atom. The molecule has 0 saturated carbocycles. The SMILES string of the molecule is COC(C)Cn1c(C(C)(C)C)nc2cccc(C(=O)O)c21. The predicted molar refractivity (Wildman–Crippen MR) is 81.9 cm³/mol. The summed E-state index contributed by atoms with van der Waals surface area (Å²) in [6.45, 7) is 8.75. The number of carbonyl (C=O) groups is 1. The molecule has 0 amide bonds. The minimum atomic E-state index is -0.938. The number of methoxy groups -OCH3 is 1. The fourth-order valence-corrected chi connectivity index (χ4v) is 2.44. The number of nitrogens with zero attached hydrogens (tertiary/aromatic N) is 2. The largest absolute Gasteiger partial charge is 0.478 e. The van der Waals surface area contributed by atoms with Crippen molar-refractivity contribution in [1.29, 1.82) is 0 Å². The Balaban J connectivity index is 2.77. The van der Waals surface area contributed by atoms with E-state index in [9.17, 15) is 9.90 Å². The summed E-state index contributed by atoms with van der Waals surface area (Å²) in [4.78, 5) is 16.2. The van der Waals surface area contributed by atoms with E-state index in [-0.39, 0.29) is 17.1 Å². The minimum absolute atomic E-state index is 0.0228. The second-order valence-corrected chi connectivity index (χ2v) is 6.32. The normalized spacial score (nSPS) is 13.6. The van der Waals surface area contributed by atoms with Gasteiger partial charge in [-0.05, 0) is 19.1 Å². The third kappa shape index (κ3) is 2.93. The van der Waals surface area contributed by atoms with Crippen LogP contribution in [0.1, 0.15) is 43.9 Å². The molecule has 0 aliphatic heterocycles. The molecular weight excluding hydrogens is 268 g/mol. The van der Waals surface area contributed by atoms with Crippen molar-refractivity contribution in [3.05, 3.63) is 29.6 Å². The summed E-state index contributed by atoms with van der Waals surface area (Å²) < 4.78 is 7.32. The number of hydrogen-bond donors (Lipinski definition) is 1. The maximum atomic E-state index is 11.5. The summed E-state index contributed by atoms with van der Waals surface area (Å²) in [6.07, 6.45) is -0.0228. The fourth-order valence-electron chi connectivity index (χ4n) is 2.44. The number of carboxylic acids is 1. The van der Waals surface area contributed by atoms with Gasteiger partial charge >= 0.3 is 5.97 Å². The van der Waals surface area contributed by atoms with Gasteiger partial charge in [0.2, 0.25) is 0 Å². The van der Waals surface area contributed by atoms with Gasteiger partial charge in [-0.3, -0.25) is 0 Å². The van der Waals surface area contributed by atoms with E-state index in [1.54, 1.807) is 19.2 Å². The van der Waals surface area contributed by atoms with Crippen LogP contribution >= 0.6 is 0 Å². The molecule has 0 radical (unpaired) electrons. The van der Waals surface area contributed by atoms with E-state index in [1.165, 1.54) is 0 Å². The lowest BCUT2D eigenvalue weighted by Gasteiger charge is -2.22. The quantitative estimate of drug-likeness (QED) is 0.940. The lowest BCUT2D eigenvalue weighted by atomic mass is 9.95. The molecule has 114 valence electrons. The summed E-state index contributed by atoms with van der Waals surface area (Å²) in [5.41, 5.74) is 1.48. The second kappa shape index (κ2) is 5.48. The first-order chi connectivity index (χ1) is 9.75. The second-order valence-electron chi connectivity index (χ2n) is 6.32. The molecule has 1 N–H and O–H groups in total. The zero-order valence-corrected chi connectivity index (χ0v) is 13.2. The van der Waals surface area contributed by atoms with E-state index >= 15 is 0 Å². The Morgan fingerprint density at radius 3 is 2.62 bits per heavy atom. The summed E-state index contributed by atoms with van der Waals surface area (Å²) >= 11 is 0. The van der Waals surface area contributed by atoms with Gasteiger partial charge in [-0.15, -0.1) is 0 Å². The average Bonchev–Trinajstić information content (AvgIpc) is 2.77. The molecule has 1 unspecified atom stereocenters. The Labute approximate surface area is 124 Å². The summed E-state index contributed by atoms with van der Waals surface area (Å²) in [7, 11) is 1.65. The predicted octanol–water partition coefficient (Wildman–Crippen LogP) is 3.07. The van der Waals surface area contributed by atoms with Crippen molar-refractivity contribution in [3.8, 4) is 0 Å². The molecule has 0 aliphatic rings. The summed E-state index contributed by atoms with van der Waals surface area (Å²) in [6, 6.07) is 5.20. The highest BCUT2D eigenvalue weighted by atomic mass is 16.5. The molecule has 0 spiro atoms. The van der Waals surface area contributed by atoms with Gasteiger partial charge in [-0.1, -0.05) is 26.8 Å². The van der Waals surface area contributed by atoms with Crippen molar-refractivity contribution in [3.63, 3.8) is 0 Å². The molecule has 0 fully saturated rings. The smallest absolute Gasteiger partial charge is 0.337 e. The van der Waals surface area contributed by atoms with E-state index in [4.69, 9.17) is 4.74 Å². The number of benzene rings is 1. The van der Waals surface area contributed by atoms with E-state index in [2.05, 4.69) is 25.8 Å². The van der Waals surface area contributed by atoms with Crippen LogP contribution in [0, 0.1) is 0 Å². The van der Waals surface area contributed by atoms with Crippen LogP contribution in [0.15, 0.2) is 18.2 Å².